The Morgan fingerprint density at radius 2 is 2.11 bits per heavy atom. The number of nitrogens with zero attached hydrogens (tertiary/aromatic N) is 1. The third-order valence-corrected chi connectivity index (χ3v) is 4.44. The largest absolute Gasteiger partial charge is 0.395 e. The van der Waals surface area contributed by atoms with Crippen LogP contribution in [0.2, 0.25) is 0 Å². The number of aliphatic hydroxyl groups excluding tert-OH is 1. The molecule has 1 fully saturated rings. The number of amides is 1. The Hall–Kier alpha value is -0.610. The Labute approximate surface area is 117 Å². The standard InChI is InChI=1S/C15H30N2O2/c1-4-13(5-2)17(9-10-18)14(19)15(16)8-6-7-12(3)11-15/h12-13,18H,4-11,16H2,1-3H3. The highest BCUT2D eigenvalue weighted by atomic mass is 16.3. The molecule has 0 saturated heterocycles. The molecular formula is C15H30N2O2. The lowest BCUT2D eigenvalue weighted by Gasteiger charge is -2.41. The maximum Gasteiger partial charge on any atom is 0.242 e. The summed E-state index contributed by atoms with van der Waals surface area (Å²) in [5, 5.41) is 9.23. The summed E-state index contributed by atoms with van der Waals surface area (Å²) >= 11 is 0. The van der Waals surface area contributed by atoms with Gasteiger partial charge in [0.05, 0.1) is 12.1 Å². The smallest absolute Gasteiger partial charge is 0.242 e. The molecule has 0 aliphatic heterocycles. The normalized spacial score (nSPS) is 27.6. The van der Waals surface area contributed by atoms with E-state index in [2.05, 4.69) is 20.8 Å². The molecule has 1 aliphatic carbocycles. The molecule has 1 saturated carbocycles. The number of carbonyl (C=O) groups is 1. The van der Waals surface area contributed by atoms with Gasteiger partial charge in [0.1, 0.15) is 0 Å². The number of rotatable bonds is 6. The number of aliphatic hydroxyl groups is 1. The first-order chi connectivity index (χ1) is 8.98. The average molecular weight is 270 g/mol. The molecule has 2 unspecified atom stereocenters. The summed E-state index contributed by atoms with van der Waals surface area (Å²) in [4.78, 5) is 14.6. The Morgan fingerprint density at radius 1 is 1.47 bits per heavy atom. The zero-order valence-corrected chi connectivity index (χ0v) is 12.7. The molecule has 3 N–H and O–H groups in total. The van der Waals surface area contributed by atoms with E-state index in [1.165, 1.54) is 0 Å². The van der Waals surface area contributed by atoms with Gasteiger partial charge in [0, 0.05) is 12.6 Å². The van der Waals surface area contributed by atoms with Gasteiger partial charge in [-0.3, -0.25) is 4.79 Å². The Kier molecular flexibility index (Phi) is 6.27. The molecule has 4 heteroatoms. The molecule has 0 aromatic rings. The van der Waals surface area contributed by atoms with Gasteiger partial charge in [-0.1, -0.05) is 33.6 Å². The van der Waals surface area contributed by atoms with E-state index in [4.69, 9.17) is 5.73 Å². The highest BCUT2D eigenvalue weighted by Crippen LogP contribution is 2.32. The second kappa shape index (κ2) is 7.25. The lowest BCUT2D eigenvalue weighted by atomic mass is 9.76. The second-order valence-electron chi connectivity index (χ2n) is 6.05. The fourth-order valence-electron chi connectivity index (χ4n) is 3.36. The van der Waals surface area contributed by atoms with E-state index >= 15 is 0 Å². The van der Waals surface area contributed by atoms with Crippen molar-refractivity contribution < 1.29 is 9.90 Å². The summed E-state index contributed by atoms with van der Waals surface area (Å²) in [5.41, 5.74) is 5.69. The topological polar surface area (TPSA) is 66.6 Å². The molecule has 0 radical (unpaired) electrons. The highest BCUT2D eigenvalue weighted by Gasteiger charge is 2.41. The van der Waals surface area contributed by atoms with Crippen LogP contribution in [-0.4, -0.2) is 40.6 Å². The Morgan fingerprint density at radius 3 is 2.58 bits per heavy atom. The van der Waals surface area contributed by atoms with E-state index in [1.54, 1.807) is 0 Å². The summed E-state index contributed by atoms with van der Waals surface area (Å²) in [7, 11) is 0. The zero-order chi connectivity index (χ0) is 14.5. The Bertz CT molecular complexity index is 292. The molecule has 0 spiro atoms. The van der Waals surface area contributed by atoms with Crippen LogP contribution in [0.4, 0.5) is 0 Å². The molecule has 0 aromatic heterocycles. The summed E-state index contributed by atoms with van der Waals surface area (Å²) in [6.45, 7) is 6.74. The van der Waals surface area contributed by atoms with Crippen molar-refractivity contribution in [3.8, 4) is 0 Å². The van der Waals surface area contributed by atoms with E-state index in [-0.39, 0.29) is 18.6 Å². The van der Waals surface area contributed by atoms with Gasteiger partial charge in [0.15, 0.2) is 0 Å². The van der Waals surface area contributed by atoms with Crippen LogP contribution < -0.4 is 5.73 Å². The van der Waals surface area contributed by atoms with Crippen molar-refractivity contribution in [2.45, 2.75) is 70.9 Å². The number of nitrogens with two attached hydrogens (primary N) is 1. The van der Waals surface area contributed by atoms with Crippen molar-refractivity contribution in [1.29, 1.82) is 0 Å². The minimum atomic E-state index is -0.713. The fourth-order valence-corrected chi connectivity index (χ4v) is 3.36. The first-order valence-corrected chi connectivity index (χ1v) is 7.69. The SMILES string of the molecule is CCC(CC)N(CCO)C(=O)C1(N)CCCC(C)C1. The van der Waals surface area contributed by atoms with Crippen LogP contribution in [0.5, 0.6) is 0 Å². The van der Waals surface area contributed by atoms with Crippen molar-refractivity contribution in [3.63, 3.8) is 0 Å². The molecule has 4 nitrogen and oxygen atoms in total. The highest BCUT2D eigenvalue weighted by molar-refractivity contribution is 5.86. The third kappa shape index (κ3) is 3.93. The lowest BCUT2D eigenvalue weighted by molar-refractivity contribution is -0.142. The first-order valence-electron chi connectivity index (χ1n) is 7.69. The second-order valence-corrected chi connectivity index (χ2v) is 6.05. The van der Waals surface area contributed by atoms with Gasteiger partial charge >= 0.3 is 0 Å². The van der Waals surface area contributed by atoms with Gasteiger partial charge in [-0.15, -0.1) is 0 Å². The maximum atomic E-state index is 12.8. The molecule has 0 heterocycles. The zero-order valence-electron chi connectivity index (χ0n) is 12.7. The third-order valence-electron chi connectivity index (χ3n) is 4.44. The average Bonchev–Trinajstić information content (AvgIpc) is 2.38. The van der Waals surface area contributed by atoms with Crippen molar-refractivity contribution in [2.75, 3.05) is 13.2 Å². The van der Waals surface area contributed by atoms with Gasteiger partial charge < -0.3 is 15.7 Å². The quantitative estimate of drug-likeness (QED) is 0.774. The fraction of sp³-hybridized carbons (Fsp3) is 0.933. The van der Waals surface area contributed by atoms with Crippen LogP contribution in [0, 0.1) is 5.92 Å². The van der Waals surface area contributed by atoms with Gasteiger partial charge in [-0.25, -0.2) is 0 Å². The summed E-state index contributed by atoms with van der Waals surface area (Å²) in [5.74, 6) is 0.558. The molecule has 0 aromatic carbocycles. The van der Waals surface area contributed by atoms with Crippen LogP contribution in [0.15, 0.2) is 0 Å². The van der Waals surface area contributed by atoms with Gasteiger partial charge in [0.25, 0.3) is 0 Å². The molecular weight excluding hydrogens is 240 g/mol. The lowest BCUT2D eigenvalue weighted by Crippen LogP contribution is -2.59. The minimum Gasteiger partial charge on any atom is -0.395 e. The van der Waals surface area contributed by atoms with Crippen LogP contribution in [0.1, 0.15) is 59.3 Å². The van der Waals surface area contributed by atoms with Gasteiger partial charge in [-0.05, 0) is 31.6 Å². The Balaban J connectivity index is 2.85. The van der Waals surface area contributed by atoms with Gasteiger partial charge in [0.2, 0.25) is 5.91 Å². The number of carbonyl (C=O) groups excluding carboxylic acids is 1. The predicted octanol–water partition coefficient (Wildman–Crippen LogP) is 1.90. The van der Waals surface area contributed by atoms with Gasteiger partial charge in [-0.2, -0.15) is 0 Å². The number of hydrogen-bond donors (Lipinski definition) is 2. The van der Waals surface area contributed by atoms with E-state index in [0.29, 0.717) is 12.5 Å². The van der Waals surface area contributed by atoms with Crippen LogP contribution in [0.3, 0.4) is 0 Å². The van der Waals surface area contributed by atoms with Crippen LogP contribution in [0.25, 0.3) is 0 Å². The minimum absolute atomic E-state index is 0.00781. The van der Waals surface area contributed by atoms with Crippen molar-refractivity contribution in [1.82, 2.24) is 4.90 Å². The van der Waals surface area contributed by atoms with E-state index in [0.717, 1.165) is 38.5 Å². The predicted molar refractivity (Wildman–Crippen MR) is 77.7 cm³/mol. The molecule has 1 aliphatic rings. The molecule has 2 atom stereocenters. The van der Waals surface area contributed by atoms with Crippen molar-refractivity contribution in [3.05, 3.63) is 0 Å². The van der Waals surface area contributed by atoms with Crippen molar-refractivity contribution >= 4 is 5.91 Å². The van der Waals surface area contributed by atoms with E-state index in [1.807, 2.05) is 4.90 Å². The first kappa shape index (κ1) is 16.4. The van der Waals surface area contributed by atoms with Crippen LogP contribution >= 0.6 is 0 Å². The van der Waals surface area contributed by atoms with Crippen molar-refractivity contribution in [2.24, 2.45) is 11.7 Å². The monoisotopic (exact) mass is 270 g/mol. The molecule has 0 bridgehead atoms. The summed E-state index contributed by atoms with van der Waals surface area (Å²) < 4.78 is 0. The van der Waals surface area contributed by atoms with E-state index in [9.17, 15) is 9.90 Å². The summed E-state index contributed by atoms with van der Waals surface area (Å²) in [6, 6.07) is 0.192. The van der Waals surface area contributed by atoms with Crippen LogP contribution in [-0.2, 0) is 4.79 Å². The molecule has 1 amide bonds. The molecule has 19 heavy (non-hydrogen) atoms. The maximum absolute atomic E-state index is 12.8. The van der Waals surface area contributed by atoms with E-state index < -0.39 is 5.54 Å². The summed E-state index contributed by atoms with van der Waals surface area (Å²) in [6.07, 6.45) is 5.56. The molecule has 112 valence electrons. The number of hydrogen-bond acceptors (Lipinski definition) is 3. The molecule has 1 rings (SSSR count).